The van der Waals surface area contributed by atoms with E-state index in [1.165, 1.54) is 0 Å². The van der Waals surface area contributed by atoms with Gasteiger partial charge in [0.1, 0.15) is 0 Å². The Morgan fingerprint density at radius 2 is 1.81 bits per heavy atom. The zero-order valence-electron chi connectivity index (χ0n) is 9.29. The highest BCUT2D eigenvalue weighted by Crippen LogP contribution is 2.18. The summed E-state index contributed by atoms with van der Waals surface area (Å²) in [4.78, 5) is 12.5. The monoisotopic (exact) mass is 224 g/mol. The predicted molar refractivity (Wildman–Crippen MR) is 61.3 cm³/mol. The van der Waals surface area contributed by atoms with E-state index in [1.807, 2.05) is 31.1 Å². The molecule has 0 aliphatic rings. The number of hydrogen-bond acceptors (Lipinski definition) is 4. The van der Waals surface area contributed by atoms with Crippen molar-refractivity contribution in [2.45, 2.75) is 12.1 Å². The summed E-state index contributed by atoms with van der Waals surface area (Å²) in [6.07, 6.45) is -1.58. The zero-order chi connectivity index (χ0) is 12.3. The summed E-state index contributed by atoms with van der Waals surface area (Å²) in [5.74, 6) is -1.32. The Morgan fingerprint density at radius 1 is 1.31 bits per heavy atom. The van der Waals surface area contributed by atoms with Gasteiger partial charge in [0.05, 0.1) is 6.04 Å². The van der Waals surface area contributed by atoms with E-state index in [1.54, 1.807) is 12.1 Å². The number of rotatable bonds is 4. The lowest BCUT2D eigenvalue weighted by Gasteiger charge is -2.17. The highest BCUT2D eigenvalue weighted by Gasteiger charge is 2.23. The maximum atomic E-state index is 10.6. The Hall–Kier alpha value is -1.59. The summed E-state index contributed by atoms with van der Waals surface area (Å²) < 4.78 is 0. The molecule has 5 heteroatoms. The van der Waals surface area contributed by atoms with Crippen LogP contribution in [0.25, 0.3) is 0 Å². The summed E-state index contributed by atoms with van der Waals surface area (Å²) in [6, 6.07) is 6.17. The SMILES string of the molecule is CN(C)c1ccc([C@H](N)[C@@H](O)C(=O)O)cc1. The van der Waals surface area contributed by atoms with Crippen molar-refractivity contribution >= 4 is 11.7 Å². The molecule has 1 aromatic carbocycles. The summed E-state index contributed by atoms with van der Waals surface area (Å²) in [5, 5.41) is 17.9. The number of hydrogen-bond donors (Lipinski definition) is 3. The van der Waals surface area contributed by atoms with Gasteiger partial charge in [0.25, 0.3) is 0 Å². The van der Waals surface area contributed by atoms with Crippen molar-refractivity contribution in [2.75, 3.05) is 19.0 Å². The van der Waals surface area contributed by atoms with Gasteiger partial charge in [0.15, 0.2) is 6.10 Å². The molecule has 0 aliphatic heterocycles. The second-order valence-electron chi connectivity index (χ2n) is 3.79. The molecule has 5 nitrogen and oxygen atoms in total. The van der Waals surface area contributed by atoms with Gasteiger partial charge in [-0.15, -0.1) is 0 Å². The van der Waals surface area contributed by atoms with Crippen molar-refractivity contribution in [1.82, 2.24) is 0 Å². The quantitative estimate of drug-likeness (QED) is 0.680. The van der Waals surface area contributed by atoms with Gasteiger partial charge >= 0.3 is 5.97 Å². The Kier molecular flexibility index (Phi) is 3.87. The highest BCUT2D eigenvalue weighted by atomic mass is 16.4. The second-order valence-corrected chi connectivity index (χ2v) is 3.79. The normalized spacial score (nSPS) is 14.2. The fourth-order valence-corrected chi connectivity index (χ4v) is 1.33. The first kappa shape index (κ1) is 12.5. The molecule has 0 spiro atoms. The molecule has 1 aromatic rings. The molecule has 0 fully saturated rings. The number of benzene rings is 1. The Balaban J connectivity index is 2.85. The van der Waals surface area contributed by atoms with E-state index < -0.39 is 18.1 Å². The molecule has 0 saturated carbocycles. The molecule has 16 heavy (non-hydrogen) atoms. The molecule has 0 unspecified atom stereocenters. The van der Waals surface area contributed by atoms with Crippen molar-refractivity contribution in [3.63, 3.8) is 0 Å². The summed E-state index contributed by atoms with van der Waals surface area (Å²) in [5.41, 5.74) is 7.21. The van der Waals surface area contributed by atoms with E-state index in [0.29, 0.717) is 5.56 Å². The summed E-state index contributed by atoms with van der Waals surface area (Å²) in [7, 11) is 3.81. The minimum atomic E-state index is -1.58. The fraction of sp³-hybridized carbons (Fsp3) is 0.364. The van der Waals surface area contributed by atoms with E-state index in [0.717, 1.165) is 5.69 Å². The van der Waals surface area contributed by atoms with E-state index >= 15 is 0 Å². The topological polar surface area (TPSA) is 86.8 Å². The largest absolute Gasteiger partial charge is 0.479 e. The number of nitrogens with two attached hydrogens (primary N) is 1. The number of aliphatic hydroxyl groups excluding tert-OH is 1. The minimum absolute atomic E-state index is 0.598. The van der Waals surface area contributed by atoms with Crippen LogP contribution in [-0.2, 0) is 4.79 Å². The molecule has 88 valence electrons. The standard InChI is InChI=1S/C11H16N2O3/c1-13(2)8-5-3-7(4-6-8)9(12)10(14)11(15)16/h3-6,9-10,14H,12H2,1-2H3,(H,15,16)/t9-,10+/m0/s1. The number of anilines is 1. The van der Waals surface area contributed by atoms with Gasteiger partial charge in [-0.2, -0.15) is 0 Å². The summed E-state index contributed by atoms with van der Waals surface area (Å²) >= 11 is 0. The average Bonchev–Trinajstić information content (AvgIpc) is 2.27. The average molecular weight is 224 g/mol. The van der Waals surface area contributed by atoms with Crippen LogP contribution in [0.4, 0.5) is 5.69 Å². The first-order chi connectivity index (χ1) is 7.43. The molecule has 0 aliphatic carbocycles. The molecule has 0 aromatic heterocycles. The van der Waals surface area contributed by atoms with Crippen molar-refractivity contribution in [3.8, 4) is 0 Å². The van der Waals surface area contributed by atoms with Gasteiger partial charge in [-0.05, 0) is 17.7 Å². The van der Waals surface area contributed by atoms with Gasteiger partial charge in [-0.3, -0.25) is 0 Å². The second kappa shape index (κ2) is 4.96. The molecule has 0 bridgehead atoms. The lowest BCUT2D eigenvalue weighted by atomic mass is 10.0. The van der Waals surface area contributed by atoms with Crippen LogP contribution in [0.1, 0.15) is 11.6 Å². The Bertz CT molecular complexity index is 362. The molecule has 2 atom stereocenters. The van der Waals surface area contributed by atoms with Gasteiger partial charge in [0.2, 0.25) is 0 Å². The third-order valence-corrected chi connectivity index (χ3v) is 2.39. The molecule has 0 amide bonds. The van der Waals surface area contributed by atoms with Crippen LogP contribution in [0.5, 0.6) is 0 Å². The predicted octanol–water partition coefficient (Wildman–Crippen LogP) is 0.198. The third-order valence-electron chi connectivity index (χ3n) is 2.39. The number of carboxylic acid groups (broad SMARTS) is 1. The van der Waals surface area contributed by atoms with Gasteiger partial charge in [-0.25, -0.2) is 4.79 Å². The first-order valence-electron chi connectivity index (χ1n) is 4.87. The van der Waals surface area contributed by atoms with Gasteiger partial charge in [0, 0.05) is 19.8 Å². The lowest BCUT2D eigenvalue weighted by molar-refractivity contribution is -0.147. The number of carbonyl (C=O) groups is 1. The van der Waals surface area contributed by atoms with E-state index in [2.05, 4.69) is 0 Å². The van der Waals surface area contributed by atoms with Crippen LogP contribution in [0.15, 0.2) is 24.3 Å². The number of nitrogens with zero attached hydrogens (tertiary/aromatic N) is 1. The molecule has 0 saturated heterocycles. The zero-order valence-corrected chi connectivity index (χ0v) is 9.29. The minimum Gasteiger partial charge on any atom is -0.479 e. The van der Waals surface area contributed by atoms with Crippen LogP contribution < -0.4 is 10.6 Å². The molecule has 0 radical (unpaired) electrons. The van der Waals surface area contributed by atoms with Crippen LogP contribution in [-0.4, -0.2) is 36.4 Å². The van der Waals surface area contributed by atoms with Crippen LogP contribution in [0.3, 0.4) is 0 Å². The summed E-state index contributed by atoms with van der Waals surface area (Å²) in [6.45, 7) is 0. The number of carboxylic acids is 1. The fourth-order valence-electron chi connectivity index (χ4n) is 1.33. The Labute approximate surface area is 94.1 Å². The molecule has 4 N–H and O–H groups in total. The highest BCUT2D eigenvalue weighted by molar-refractivity contribution is 5.73. The lowest BCUT2D eigenvalue weighted by Crippen LogP contribution is -2.33. The first-order valence-corrected chi connectivity index (χ1v) is 4.87. The van der Waals surface area contributed by atoms with Crippen LogP contribution in [0, 0.1) is 0 Å². The van der Waals surface area contributed by atoms with Gasteiger partial charge in [-0.1, -0.05) is 12.1 Å². The molecule has 1 rings (SSSR count). The Morgan fingerprint density at radius 3 is 2.19 bits per heavy atom. The van der Waals surface area contributed by atoms with Crippen molar-refractivity contribution in [1.29, 1.82) is 0 Å². The van der Waals surface area contributed by atoms with E-state index in [9.17, 15) is 9.90 Å². The van der Waals surface area contributed by atoms with Crippen LogP contribution in [0.2, 0.25) is 0 Å². The number of aliphatic carboxylic acids is 1. The smallest absolute Gasteiger partial charge is 0.334 e. The van der Waals surface area contributed by atoms with Crippen molar-refractivity contribution in [3.05, 3.63) is 29.8 Å². The molecular formula is C11H16N2O3. The third kappa shape index (κ3) is 2.71. The number of aliphatic hydroxyl groups is 1. The van der Waals surface area contributed by atoms with Gasteiger partial charge < -0.3 is 20.8 Å². The maximum absolute atomic E-state index is 10.6. The van der Waals surface area contributed by atoms with Crippen molar-refractivity contribution < 1.29 is 15.0 Å². The van der Waals surface area contributed by atoms with E-state index in [4.69, 9.17) is 10.8 Å². The van der Waals surface area contributed by atoms with Crippen LogP contribution >= 0.6 is 0 Å². The molecular weight excluding hydrogens is 208 g/mol. The van der Waals surface area contributed by atoms with E-state index in [-0.39, 0.29) is 0 Å². The van der Waals surface area contributed by atoms with Crippen molar-refractivity contribution in [2.24, 2.45) is 5.73 Å². The molecule has 0 heterocycles. The maximum Gasteiger partial charge on any atom is 0.334 e.